The van der Waals surface area contributed by atoms with Gasteiger partial charge in [0.1, 0.15) is 0 Å². The van der Waals surface area contributed by atoms with Crippen LogP contribution in [0.4, 0.5) is 0 Å². The first-order valence-electron chi connectivity index (χ1n) is 7.19. The molecular formula is C17H20O6. The number of carboxylic acid groups (broad SMARTS) is 1. The first-order valence-corrected chi connectivity index (χ1v) is 7.19. The van der Waals surface area contributed by atoms with Crippen LogP contribution in [-0.2, 0) is 14.3 Å². The molecule has 6 nitrogen and oxygen atoms in total. The molecule has 6 heteroatoms. The summed E-state index contributed by atoms with van der Waals surface area (Å²) >= 11 is 0. The van der Waals surface area contributed by atoms with Gasteiger partial charge in [-0.05, 0) is 38.8 Å². The lowest BCUT2D eigenvalue weighted by atomic mass is 10.1. The lowest BCUT2D eigenvalue weighted by Gasteiger charge is -2.14. The zero-order valence-electron chi connectivity index (χ0n) is 13.2. The number of hydrogen-bond acceptors (Lipinski definition) is 5. The van der Waals surface area contributed by atoms with E-state index < -0.39 is 24.0 Å². The van der Waals surface area contributed by atoms with Gasteiger partial charge in [-0.15, -0.1) is 0 Å². The molecule has 1 N–H and O–H groups in total. The van der Waals surface area contributed by atoms with Gasteiger partial charge in [0.15, 0.2) is 0 Å². The number of hydrogen-bond donors (Lipinski definition) is 1. The molecule has 1 aromatic carbocycles. The fourth-order valence-electron chi connectivity index (χ4n) is 1.81. The molecule has 1 unspecified atom stereocenters. The number of carboxylic acids is 1. The molecule has 1 aromatic rings. The Bertz CT molecular complexity index is 605. The van der Waals surface area contributed by atoms with Crippen LogP contribution in [0.25, 0.3) is 0 Å². The van der Waals surface area contributed by atoms with E-state index in [-0.39, 0.29) is 17.7 Å². The van der Waals surface area contributed by atoms with Gasteiger partial charge in [0.25, 0.3) is 0 Å². The quantitative estimate of drug-likeness (QED) is 0.450. The molecule has 0 aliphatic heterocycles. The summed E-state index contributed by atoms with van der Waals surface area (Å²) in [4.78, 5) is 34.3. The fraction of sp³-hybridized carbons (Fsp3) is 0.353. The van der Waals surface area contributed by atoms with Crippen LogP contribution in [0.1, 0.15) is 47.4 Å². The number of benzene rings is 1. The smallest absolute Gasteiger partial charge is 0.339 e. The predicted molar refractivity (Wildman–Crippen MR) is 83.3 cm³/mol. The Morgan fingerprint density at radius 3 is 2.39 bits per heavy atom. The van der Waals surface area contributed by atoms with Crippen LogP contribution < -0.4 is 0 Å². The maximum Gasteiger partial charge on any atom is 0.339 e. The highest BCUT2D eigenvalue weighted by Gasteiger charge is 2.19. The van der Waals surface area contributed by atoms with Crippen molar-refractivity contribution in [1.29, 1.82) is 0 Å². The van der Waals surface area contributed by atoms with E-state index in [9.17, 15) is 14.4 Å². The van der Waals surface area contributed by atoms with Gasteiger partial charge < -0.3 is 14.6 Å². The molecule has 23 heavy (non-hydrogen) atoms. The third-order valence-corrected chi connectivity index (χ3v) is 3.02. The summed E-state index contributed by atoms with van der Waals surface area (Å²) in [6.45, 7) is 6.94. The molecule has 0 amide bonds. The van der Waals surface area contributed by atoms with E-state index in [4.69, 9.17) is 14.6 Å². The van der Waals surface area contributed by atoms with E-state index in [2.05, 4.69) is 6.58 Å². The van der Waals surface area contributed by atoms with Gasteiger partial charge in [0.05, 0.1) is 23.8 Å². The van der Waals surface area contributed by atoms with Crippen LogP contribution in [0.3, 0.4) is 0 Å². The second-order valence-corrected chi connectivity index (χ2v) is 5.13. The summed E-state index contributed by atoms with van der Waals surface area (Å²) in [5, 5.41) is 9.06. The molecule has 124 valence electrons. The van der Waals surface area contributed by atoms with E-state index >= 15 is 0 Å². The molecule has 0 aromatic heterocycles. The molecule has 0 heterocycles. The normalized spacial score (nSPS) is 11.4. The summed E-state index contributed by atoms with van der Waals surface area (Å²) in [5.41, 5.74) is 0.246. The highest BCUT2D eigenvalue weighted by Crippen LogP contribution is 2.13. The van der Waals surface area contributed by atoms with Crippen LogP contribution in [0.5, 0.6) is 0 Å². The Balaban J connectivity index is 2.47. The Hall–Kier alpha value is -2.63. The largest absolute Gasteiger partial charge is 0.478 e. The number of ether oxygens (including phenoxy) is 2. The Labute approximate surface area is 134 Å². The average molecular weight is 320 g/mol. The van der Waals surface area contributed by atoms with Gasteiger partial charge in [-0.2, -0.15) is 0 Å². The van der Waals surface area contributed by atoms with E-state index in [1.54, 1.807) is 26.0 Å². The number of carbonyl (C=O) groups is 3. The van der Waals surface area contributed by atoms with Gasteiger partial charge in [-0.3, -0.25) is 0 Å². The maximum absolute atomic E-state index is 12.0. The summed E-state index contributed by atoms with van der Waals surface area (Å²) in [6, 6.07) is 5.87. The lowest BCUT2D eigenvalue weighted by Crippen LogP contribution is -2.18. The maximum atomic E-state index is 12.0. The summed E-state index contributed by atoms with van der Waals surface area (Å²) in [6.07, 6.45) is 0.589. The minimum atomic E-state index is -1.18. The summed E-state index contributed by atoms with van der Waals surface area (Å²) in [7, 11) is 0. The van der Waals surface area contributed by atoms with Gasteiger partial charge >= 0.3 is 17.9 Å². The Morgan fingerprint density at radius 2 is 1.83 bits per heavy atom. The lowest BCUT2D eigenvalue weighted by molar-refractivity contribution is -0.139. The predicted octanol–water partition coefficient (Wildman–Crippen LogP) is 2.83. The van der Waals surface area contributed by atoms with Crippen LogP contribution in [0, 0.1) is 0 Å². The standard InChI is InChI=1S/C17H20O6/c1-11(2)16(20)22-10-6-7-12(3)23-17(21)14-9-5-4-8-13(14)15(18)19/h4-5,8-9,12H,1,6-7,10H2,2-3H3,(H,18,19). The van der Waals surface area contributed by atoms with E-state index in [1.165, 1.54) is 12.1 Å². The molecular weight excluding hydrogens is 300 g/mol. The molecule has 0 aliphatic rings. The van der Waals surface area contributed by atoms with Gasteiger partial charge in [-0.25, -0.2) is 14.4 Å². The number of carbonyl (C=O) groups excluding carboxylic acids is 2. The number of rotatable bonds is 8. The molecule has 0 aliphatic carbocycles. The monoisotopic (exact) mass is 320 g/mol. The van der Waals surface area contributed by atoms with E-state index in [0.29, 0.717) is 18.4 Å². The Kier molecular flexibility index (Phi) is 6.99. The number of esters is 2. The number of aromatic carboxylic acids is 1. The molecule has 0 fully saturated rings. The van der Waals surface area contributed by atoms with Gasteiger partial charge in [0.2, 0.25) is 0 Å². The highest BCUT2D eigenvalue weighted by molar-refractivity contribution is 6.02. The Morgan fingerprint density at radius 1 is 1.22 bits per heavy atom. The van der Waals surface area contributed by atoms with Crippen molar-refractivity contribution >= 4 is 17.9 Å². The molecule has 0 bridgehead atoms. The van der Waals surface area contributed by atoms with Crippen molar-refractivity contribution in [2.45, 2.75) is 32.8 Å². The van der Waals surface area contributed by atoms with Crippen molar-refractivity contribution in [2.75, 3.05) is 6.61 Å². The molecule has 1 atom stereocenters. The third-order valence-electron chi connectivity index (χ3n) is 3.02. The molecule has 0 spiro atoms. The second-order valence-electron chi connectivity index (χ2n) is 5.13. The first-order chi connectivity index (χ1) is 10.8. The van der Waals surface area contributed by atoms with Crippen molar-refractivity contribution in [3.8, 4) is 0 Å². The second kappa shape index (κ2) is 8.73. The van der Waals surface area contributed by atoms with Crippen molar-refractivity contribution in [3.63, 3.8) is 0 Å². The van der Waals surface area contributed by atoms with E-state index in [0.717, 1.165) is 0 Å². The summed E-state index contributed by atoms with van der Waals surface area (Å²) < 4.78 is 10.2. The third kappa shape index (κ3) is 5.94. The van der Waals surface area contributed by atoms with Crippen LogP contribution in [-0.4, -0.2) is 35.7 Å². The van der Waals surface area contributed by atoms with Crippen molar-refractivity contribution in [1.82, 2.24) is 0 Å². The minimum Gasteiger partial charge on any atom is -0.478 e. The van der Waals surface area contributed by atoms with Crippen LogP contribution >= 0.6 is 0 Å². The zero-order valence-corrected chi connectivity index (χ0v) is 13.2. The highest BCUT2D eigenvalue weighted by atomic mass is 16.5. The van der Waals surface area contributed by atoms with E-state index in [1.807, 2.05) is 0 Å². The van der Waals surface area contributed by atoms with Crippen LogP contribution in [0.2, 0.25) is 0 Å². The molecule has 1 rings (SSSR count). The molecule has 0 saturated heterocycles. The first kappa shape index (κ1) is 18.4. The topological polar surface area (TPSA) is 89.9 Å². The van der Waals surface area contributed by atoms with Gasteiger partial charge in [-0.1, -0.05) is 18.7 Å². The fourth-order valence-corrected chi connectivity index (χ4v) is 1.81. The molecule has 0 radical (unpaired) electrons. The minimum absolute atomic E-state index is 0.0144. The zero-order chi connectivity index (χ0) is 17.4. The van der Waals surface area contributed by atoms with Gasteiger partial charge in [0, 0.05) is 5.57 Å². The van der Waals surface area contributed by atoms with Crippen LogP contribution in [0.15, 0.2) is 36.4 Å². The SMILES string of the molecule is C=C(C)C(=O)OCCCC(C)OC(=O)c1ccccc1C(=O)O. The molecule has 0 saturated carbocycles. The van der Waals surface area contributed by atoms with Crippen molar-refractivity contribution < 1.29 is 29.0 Å². The average Bonchev–Trinajstić information content (AvgIpc) is 2.51. The van der Waals surface area contributed by atoms with Crippen molar-refractivity contribution in [2.24, 2.45) is 0 Å². The van der Waals surface area contributed by atoms with Crippen molar-refractivity contribution in [3.05, 3.63) is 47.5 Å². The summed E-state index contributed by atoms with van der Waals surface area (Å²) in [5.74, 6) is -2.32.